The largest absolute Gasteiger partial charge is 0.469 e. The van der Waals surface area contributed by atoms with Crippen LogP contribution in [0.1, 0.15) is 17.7 Å². The minimum Gasteiger partial charge on any atom is -0.469 e. The summed E-state index contributed by atoms with van der Waals surface area (Å²) in [6.07, 6.45) is -2.97. The van der Waals surface area contributed by atoms with E-state index in [9.17, 15) is 18.4 Å². The van der Waals surface area contributed by atoms with Crippen LogP contribution in [0.3, 0.4) is 0 Å². The first-order chi connectivity index (χ1) is 7.45. The number of hydrogen-bond donors (Lipinski definition) is 1. The number of alkyl halides is 2. The van der Waals surface area contributed by atoms with Crippen LogP contribution in [0, 0.1) is 3.57 Å². The highest BCUT2D eigenvalue weighted by atomic mass is 127. The fraction of sp³-hybridized carbons (Fsp3) is 0.333. The van der Waals surface area contributed by atoms with Gasteiger partial charge in [-0.05, 0) is 28.7 Å². The van der Waals surface area contributed by atoms with E-state index >= 15 is 0 Å². The van der Waals surface area contributed by atoms with Crippen molar-refractivity contribution in [2.24, 2.45) is 0 Å². The Morgan fingerprint density at radius 3 is 2.75 bits per heavy atom. The molecule has 1 N–H and O–H groups in total. The summed E-state index contributed by atoms with van der Waals surface area (Å²) < 4.78 is 29.5. The van der Waals surface area contributed by atoms with Gasteiger partial charge in [0.15, 0.2) is 0 Å². The molecule has 0 spiro atoms. The zero-order valence-electron chi connectivity index (χ0n) is 8.22. The molecule has 1 aromatic rings. The first-order valence-corrected chi connectivity index (χ1v) is 5.30. The predicted molar refractivity (Wildman–Crippen MR) is 60.5 cm³/mol. The molecule has 1 rings (SSSR count). The predicted octanol–water partition coefficient (Wildman–Crippen LogP) is 1.63. The lowest BCUT2D eigenvalue weighted by atomic mass is 10.2. The normalized spacial score (nSPS) is 10.6. The number of carbonyl (C=O) groups excluding carboxylic acids is 1. The van der Waals surface area contributed by atoms with Crippen molar-refractivity contribution < 1.29 is 18.3 Å². The molecule has 0 amide bonds. The fourth-order valence-corrected chi connectivity index (χ4v) is 1.73. The van der Waals surface area contributed by atoms with E-state index in [4.69, 9.17) is 0 Å². The van der Waals surface area contributed by atoms with Crippen LogP contribution in [-0.4, -0.2) is 18.1 Å². The SMILES string of the molecule is COC(=O)Cc1[nH]c(=O)c(C(F)F)cc1I. The highest BCUT2D eigenvalue weighted by Gasteiger charge is 2.16. The fourth-order valence-electron chi connectivity index (χ4n) is 1.07. The van der Waals surface area contributed by atoms with Crippen LogP contribution in [0.2, 0.25) is 0 Å². The second-order valence-electron chi connectivity index (χ2n) is 2.93. The van der Waals surface area contributed by atoms with Crippen LogP contribution in [0.5, 0.6) is 0 Å². The molecule has 7 heteroatoms. The smallest absolute Gasteiger partial charge is 0.311 e. The number of methoxy groups -OCH3 is 1. The molecule has 0 radical (unpaired) electrons. The number of aromatic amines is 1. The summed E-state index contributed by atoms with van der Waals surface area (Å²) in [4.78, 5) is 24.4. The molecule has 0 saturated heterocycles. The third-order valence-electron chi connectivity index (χ3n) is 1.88. The summed E-state index contributed by atoms with van der Waals surface area (Å²) in [6, 6.07) is 1.07. The third-order valence-corrected chi connectivity index (χ3v) is 2.84. The van der Waals surface area contributed by atoms with E-state index in [1.165, 1.54) is 7.11 Å². The Bertz CT molecular complexity index is 459. The number of hydrogen-bond acceptors (Lipinski definition) is 3. The lowest BCUT2D eigenvalue weighted by molar-refractivity contribution is -0.139. The number of carbonyl (C=O) groups is 1. The van der Waals surface area contributed by atoms with Gasteiger partial charge in [-0.2, -0.15) is 0 Å². The van der Waals surface area contributed by atoms with E-state index in [1.807, 2.05) is 0 Å². The van der Waals surface area contributed by atoms with Crippen LogP contribution in [0.25, 0.3) is 0 Å². The number of aromatic nitrogens is 1. The van der Waals surface area contributed by atoms with Crippen molar-refractivity contribution in [3.05, 3.63) is 31.2 Å². The third kappa shape index (κ3) is 3.00. The van der Waals surface area contributed by atoms with Gasteiger partial charge in [0.25, 0.3) is 12.0 Å². The number of H-pyrrole nitrogens is 1. The molecular formula is C9H8F2INO3. The molecule has 88 valence electrons. The van der Waals surface area contributed by atoms with Crippen LogP contribution in [-0.2, 0) is 16.0 Å². The number of esters is 1. The molecule has 0 atom stereocenters. The Labute approximate surface area is 103 Å². The Morgan fingerprint density at radius 1 is 1.62 bits per heavy atom. The van der Waals surface area contributed by atoms with E-state index in [0.29, 0.717) is 3.57 Å². The number of ether oxygens (including phenoxy) is 1. The average Bonchev–Trinajstić information content (AvgIpc) is 2.22. The summed E-state index contributed by atoms with van der Waals surface area (Å²) >= 11 is 1.77. The lowest BCUT2D eigenvalue weighted by Crippen LogP contribution is -2.18. The van der Waals surface area contributed by atoms with Crippen molar-refractivity contribution in [3.8, 4) is 0 Å². The summed E-state index contributed by atoms with van der Waals surface area (Å²) in [5.41, 5.74) is -1.20. The van der Waals surface area contributed by atoms with Crippen LogP contribution >= 0.6 is 22.6 Å². The Kier molecular flexibility index (Phi) is 4.39. The summed E-state index contributed by atoms with van der Waals surface area (Å²) in [7, 11) is 1.21. The van der Waals surface area contributed by atoms with Gasteiger partial charge in [0.2, 0.25) is 0 Å². The van der Waals surface area contributed by atoms with Gasteiger partial charge in [-0.1, -0.05) is 0 Å². The summed E-state index contributed by atoms with van der Waals surface area (Å²) in [6.45, 7) is 0. The summed E-state index contributed by atoms with van der Waals surface area (Å²) in [5, 5.41) is 0. The number of rotatable bonds is 3. The van der Waals surface area contributed by atoms with Gasteiger partial charge in [-0.3, -0.25) is 9.59 Å². The molecule has 1 heterocycles. The second-order valence-corrected chi connectivity index (χ2v) is 4.10. The van der Waals surface area contributed by atoms with E-state index in [1.54, 1.807) is 22.6 Å². The van der Waals surface area contributed by atoms with Crippen molar-refractivity contribution in [1.29, 1.82) is 0 Å². The minimum absolute atomic E-state index is 0.145. The highest BCUT2D eigenvalue weighted by Crippen LogP contribution is 2.18. The number of pyridine rings is 1. The first-order valence-electron chi connectivity index (χ1n) is 4.22. The van der Waals surface area contributed by atoms with Crippen LogP contribution < -0.4 is 5.56 Å². The zero-order chi connectivity index (χ0) is 12.3. The maximum Gasteiger partial charge on any atom is 0.311 e. The first kappa shape index (κ1) is 13.1. The zero-order valence-corrected chi connectivity index (χ0v) is 10.4. The Morgan fingerprint density at radius 2 is 2.25 bits per heavy atom. The molecule has 4 nitrogen and oxygen atoms in total. The van der Waals surface area contributed by atoms with E-state index in [0.717, 1.165) is 6.07 Å². The minimum atomic E-state index is -2.83. The Hall–Kier alpha value is -0.990. The molecule has 0 fully saturated rings. The standard InChI is InChI=1S/C9H8F2INO3/c1-16-7(14)3-6-5(12)2-4(8(10)11)9(15)13-6/h2,8H,3H2,1H3,(H,13,15). The van der Waals surface area contributed by atoms with Crippen molar-refractivity contribution in [2.75, 3.05) is 7.11 Å². The van der Waals surface area contributed by atoms with Crippen LogP contribution in [0.4, 0.5) is 8.78 Å². The molecule has 0 bridgehead atoms. The van der Waals surface area contributed by atoms with Gasteiger partial charge in [-0.25, -0.2) is 8.78 Å². The van der Waals surface area contributed by atoms with Crippen LogP contribution in [0.15, 0.2) is 10.9 Å². The molecule has 16 heavy (non-hydrogen) atoms. The molecule has 0 unspecified atom stereocenters. The van der Waals surface area contributed by atoms with Gasteiger partial charge in [-0.15, -0.1) is 0 Å². The second kappa shape index (κ2) is 5.37. The summed E-state index contributed by atoms with van der Waals surface area (Å²) in [5.74, 6) is -0.543. The van der Waals surface area contributed by atoms with E-state index in [-0.39, 0.29) is 12.1 Å². The van der Waals surface area contributed by atoms with Crippen molar-refractivity contribution in [1.82, 2.24) is 4.98 Å². The molecule has 0 aromatic carbocycles. The molecule has 0 saturated carbocycles. The van der Waals surface area contributed by atoms with Gasteiger partial charge >= 0.3 is 5.97 Å². The topological polar surface area (TPSA) is 59.2 Å². The van der Waals surface area contributed by atoms with Gasteiger partial charge in [0, 0.05) is 9.26 Å². The van der Waals surface area contributed by atoms with Gasteiger partial charge in [0.1, 0.15) is 0 Å². The molecular weight excluding hydrogens is 335 g/mol. The average molecular weight is 343 g/mol. The van der Waals surface area contributed by atoms with Crippen molar-refractivity contribution in [3.63, 3.8) is 0 Å². The molecule has 1 aromatic heterocycles. The lowest BCUT2D eigenvalue weighted by Gasteiger charge is -2.05. The molecule has 0 aliphatic rings. The molecule has 0 aliphatic heterocycles. The number of halogens is 3. The van der Waals surface area contributed by atoms with Crippen molar-refractivity contribution in [2.45, 2.75) is 12.8 Å². The quantitative estimate of drug-likeness (QED) is 0.671. The number of nitrogens with one attached hydrogen (secondary N) is 1. The van der Waals surface area contributed by atoms with Gasteiger partial charge in [0.05, 0.1) is 19.1 Å². The maximum atomic E-state index is 12.4. The maximum absolute atomic E-state index is 12.4. The van der Waals surface area contributed by atoms with Gasteiger partial charge < -0.3 is 9.72 Å². The van der Waals surface area contributed by atoms with E-state index < -0.39 is 23.5 Å². The van der Waals surface area contributed by atoms with Crippen molar-refractivity contribution >= 4 is 28.6 Å². The monoisotopic (exact) mass is 343 g/mol. The molecule has 0 aliphatic carbocycles. The van der Waals surface area contributed by atoms with E-state index in [2.05, 4.69) is 9.72 Å². The Balaban J connectivity index is 3.11. The highest BCUT2D eigenvalue weighted by molar-refractivity contribution is 14.1.